The zero-order chi connectivity index (χ0) is 60.8. The minimum absolute atomic E-state index is 0.373. The van der Waals surface area contributed by atoms with Crippen LogP contribution in [0, 0.1) is 0 Å². The van der Waals surface area contributed by atoms with Crippen LogP contribution in [0.3, 0.4) is 0 Å². The van der Waals surface area contributed by atoms with E-state index in [0.29, 0.717) is 0 Å². The molecular weight excluding hydrogens is 1100 g/mol. The molecule has 0 saturated carbocycles. The molecule has 0 amide bonds. The van der Waals surface area contributed by atoms with Gasteiger partial charge in [0.25, 0.3) is 16.0 Å². The molecule has 446 valence electrons. The van der Waals surface area contributed by atoms with Crippen LogP contribution < -0.4 is 18.9 Å². The van der Waals surface area contributed by atoms with Crippen LogP contribution in [-0.2, 0) is 47.3 Å². The summed E-state index contributed by atoms with van der Waals surface area (Å²) in [5, 5.41) is 5.71. The van der Waals surface area contributed by atoms with Gasteiger partial charge in [-0.15, -0.1) is 0 Å². The quantitative estimate of drug-likeness (QED) is 0.141. The lowest BCUT2D eigenvalue weighted by atomic mass is 9.78. The molecule has 2 aliphatic rings. The van der Waals surface area contributed by atoms with Crippen molar-refractivity contribution >= 4 is 59.9 Å². The van der Waals surface area contributed by atoms with Crippen molar-refractivity contribution in [2.75, 3.05) is 28.4 Å². The third kappa shape index (κ3) is 10.7. The molecule has 8 nitrogen and oxygen atoms in total. The first-order valence-electron chi connectivity index (χ1n) is 30.7. The van der Waals surface area contributed by atoms with E-state index in [1.807, 2.05) is 0 Å². The van der Waals surface area contributed by atoms with Crippen LogP contribution in [-0.4, -0.2) is 28.4 Å². The molecule has 0 atom stereocenters. The Labute approximate surface area is 510 Å². The van der Waals surface area contributed by atoms with E-state index < -0.39 is 16.0 Å². The van der Waals surface area contributed by atoms with Gasteiger partial charge >= 0.3 is 0 Å². The Morgan fingerprint density at radius 2 is 0.605 bits per heavy atom. The summed E-state index contributed by atoms with van der Waals surface area (Å²) in [5.41, 5.74) is 17.9. The molecule has 10 heteroatoms. The number of benzene rings is 8. The smallest absolute Gasteiger partial charge is 0.254 e. The highest BCUT2D eigenvalue weighted by molar-refractivity contribution is 7.47. The Morgan fingerprint density at radius 3 is 0.860 bits per heavy atom. The Morgan fingerprint density at radius 1 is 0.337 bits per heavy atom. The lowest BCUT2D eigenvalue weighted by Crippen LogP contribution is -2.12. The van der Waals surface area contributed by atoms with Crippen molar-refractivity contribution in [3.63, 3.8) is 0 Å². The molecule has 2 aliphatic carbocycles. The molecule has 8 aromatic carbocycles. The molecule has 0 spiro atoms. The fourth-order valence-corrected chi connectivity index (χ4v) is 16.8. The third-order valence-electron chi connectivity index (χ3n) is 17.7. The monoisotopic (exact) mass is 1190 g/mol. The molecule has 10 aromatic rings. The number of aryl methyl sites for hydroxylation is 2. The summed E-state index contributed by atoms with van der Waals surface area (Å²) in [7, 11) is 2.87. The maximum atomic E-state index is 8.11. The second kappa shape index (κ2) is 22.5. The first kappa shape index (κ1) is 59.1. The van der Waals surface area contributed by atoms with Crippen LogP contribution in [0.1, 0.15) is 153 Å². The van der Waals surface area contributed by atoms with Crippen LogP contribution in [0.15, 0.2) is 138 Å². The predicted molar refractivity (Wildman–Crippen MR) is 359 cm³/mol. The summed E-state index contributed by atoms with van der Waals surface area (Å²) >= 11 is 0. The number of hydrogen-bond acceptors (Lipinski definition) is 8. The molecule has 0 radical (unpaired) electrons. The van der Waals surface area contributed by atoms with Crippen molar-refractivity contribution in [3.8, 4) is 67.0 Å². The predicted octanol–water partition coefficient (Wildman–Crippen LogP) is 22.9. The average Bonchev–Trinajstić information content (AvgIpc) is 1.20. The molecule has 2 aromatic heterocycles. The summed E-state index contributed by atoms with van der Waals surface area (Å²) in [4.78, 5) is 0. The van der Waals surface area contributed by atoms with Gasteiger partial charge in [0.2, 0.25) is 0 Å². The summed E-state index contributed by atoms with van der Waals surface area (Å²) in [6.45, 7) is 27.1. The maximum absolute atomic E-state index is 8.11. The second-order valence-electron chi connectivity index (χ2n) is 27.8. The van der Waals surface area contributed by atoms with Crippen LogP contribution in [0.4, 0.5) is 0 Å². The van der Waals surface area contributed by atoms with Gasteiger partial charge in [-0.1, -0.05) is 144 Å². The van der Waals surface area contributed by atoms with Crippen molar-refractivity contribution in [3.05, 3.63) is 166 Å². The van der Waals surface area contributed by atoms with Gasteiger partial charge < -0.3 is 35.7 Å². The minimum Gasteiger partial charge on any atom is -0.497 e. The fraction of sp³-hybridized carbons (Fsp3) is 0.368. The number of ether oxygens (including phenoxy) is 4. The SMILES string of the molecule is COc1cc(C(C)(C)C)c2op(-c3c(-c4ccccc4)cc4c(c3-c3c5c(cc(-c6ccccc6)c3-p3oc6c(C(C)(C)C)cc(OC)cc6c6cc(OC)cc(C(C)(C)C)c6o3)CCCC5)CCCC4)oc3c(C(C)(C)C)cc(OC)cc3c2c1. The number of methoxy groups -OCH3 is 4. The average molecular weight is 1190 g/mol. The van der Waals surface area contributed by atoms with E-state index in [4.69, 9.17) is 35.7 Å². The molecule has 0 unspecified atom stereocenters. The first-order chi connectivity index (χ1) is 41.0. The van der Waals surface area contributed by atoms with Gasteiger partial charge in [-0.05, 0) is 167 Å². The van der Waals surface area contributed by atoms with E-state index in [0.717, 1.165) is 173 Å². The van der Waals surface area contributed by atoms with Gasteiger partial charge in [0.15, 0.2) is 0 Å². The third-order valence-corrected chi connectivity index (χ3v) is 20.8. The largest absolute Gasteiger partial charge is 0.497 e. The van der Waals surface area contributed by atoms with Crippen molar-refractivity contribution < 1.29 is 35.7 Å². The molecule has 86 heavy (non-hydrogen) atoms. The zero-order valence-electron chi connectivity index (χ0n) is 53.4. The zero-order valence-corrected chi connectivity index (χ0v) is 55.2. The molecule has 0 saturated heterocycles. The van der Waals surface area contributed by atoms with Crippen molar-refractivity contribution in [1.29, 1.82) is 0 Å². The summed E-state index contributed by atoms with van der Waals surface area (Å²) in [5.74, 6) is 2.99. The Bertz CT molecular complexity index is 3920. The minimum atomic E-state index is -2.06. The van der Waals surface area contributed by atoms with E-state index in [-0.39, 0.29) is 21.7 Å². The Balaban J connectivity index is 1.40. The summed E-state index contributed by atoms with van der Waals surface area (Å²) in [6, 6.07) is 44.1. The summed E-state index contributed by atoms with van der Waals surface area (Å²) in [6.07, 6.45) is 7.94. The van der Waals surface area contributed by atoms with Gasteiger partial charge in [-0.25, -0.2) is 0 Å². The van der Waals surface area contributed by atoms with Gasteiger partial charge in [0.1, 0.15) is 45.3 Å². The van der Waals surface area contributed by atoms with Crippen molar-refractivity contribution in [2.45, 2.75) is 156 Å². The number of fused-ring (bicyclic) bond motifs is 8. The lowest BCUT2D eigenvalue weighted by molar-refractivity contribution is 0.413. The number of rotatable bonds is 9. The number of hydrogen-bond donors (Lipinski definition) is 0. The lowest BCUT2D eigenvalue weighted by Gasteiger charge is -2.30. The van der Waals surface area contributed by atoms with Crippen molar-refractivity contribution in [1.82, 2.24) is 0 Å². The van der Waals surface area contributed by atoms with Gasteiger partial charge in [-0.2, -0.15) is 0 Å². The summed E-state index contributed by atoms with van der Waals surface area (Å²) < 4.78 is 57.2. The highest BCUT2D eigenvalue weighted by Crippen LogP contribution is 2.63. The Hall–Kier alpha value is -7.24. The standard InChI is InChI=1S/C76H84O8P2/c1-73(2,3)61-41-49(77-13)37-57-58-38-50(78-14)42-62(74(4,5)6)68(58)82-85(81-67(57)61)71-55(45-27-19-17-20-28-45)35-47-31-23-25-33-53(47)65(71)66-54-34-26-24-32-48(54)36-56(46-29-21-18-22-30-46)72(66)86-83-69-59(39-51(79-15)43-63(69)75(7,8)9)60-40-52(80-16)44-64(70(60)84-86)76(10,11)12/h17-22,27-30,35-44H,23-26,31-34H2,1-16H3. The van der Waals surface area contributed by atoms with Gasteiger partial charge in [0.05, 0.1) is 39.0 Å². The molecule has 0 N–H and O–H groups in total. The molecule has 0 bridgehead atoms. The van der Waals surface area contributed by atoms with Crippen LogP contribution in [0.25, 0.3) is 87.9 Å². The highest BCUT2D eigenvalue weighted by Gasteiger charge is 2.36. The van der Waals surface area contributed by atoms with Gasteiger partial charge in [-0.3, -0.25) is 0 Å². The molecule has 0 aliphatic heterocycles. The molecular formula is C76H84O8P2. The van der Waals surface area contributed by atoms with Crippen molar-refractivity contribution in [2.24, 2.45) is 0 Å². The normalized spacial score (nSPS) is 13.9. The van der Waals surface area contributed by atoms with E-state index in [9.17, 15) is 0 Å². The second-order valence-corrected chi connectivity index (χ2v) is 30.5. The Kier molecular flexibility index (Phi) is 15.5. The first-order valence-corrected chi connectivity index (χ1v) is 33.1. The maximum Gasteiger partial charge on any atom is 0.254 e. The van der Waals surface area contributed by atoms with E-state index >= 15 is 0 Å². The van der Waals surface area contributed by atoms with E-state index in [1.165, 1.54) is 33.4 Å². The van der Waals surface area contributed by atoms with E-state index in [1.54, 1.807) is 28.4 Å². The van der Waals surface area contributed by atoms with Crippen LogP contribution in [0.5, 0.6) is 23.0 Å². The molecule has 0 fully saturated rings. The topological polar surface area (TPSA) is 89.5 Å². The fourth-order valence-electron chi connectivity index (χ4n) is 13.2. The molecule has 12 rings (SSSR count). The molecule has 2 heterocycles. The van der Waals surface area contributed by atoms with E-state index in [2.05, 4.69) is 204 Å². The van der Waals surface area contributed by atoms with Crippen LogP contribution in [0.2, 0.25) is 0 Å². The highest BCUT2D eigenvalue weighted by atomic mass is 31.1. The van der Waals surface area contributed by atoms with Gasteiger partial charge in [0, 0.05) is 66.1 Å². The van der Waals surface area contributed by atoms with Crippen LogP contribution >= 0.6 is 16.0 Å².